The normalized spacial score (nSPS) is 24.3. The van der Waals surface area contributed by atoms with Crippen molar-refractivity contribution in [2.75, 3.05) is 19.6 Å². The van der Waals surface area contributed by atoms with E-state index < -0.39 is 0 Å². The molecule has 0 spiro atoms. The maximum atomic E-state index is 11.6. The molecule has 1 saturated carbocycles. The van der Waals surface area contributed by atoms with Gasteiger partial charge in [0.15, 0.2) is 0 Å². The van der Waals surface area contributed by atoms with Crippen LogP contribution in [0.3, 0.4) is 0 Å². The smallest absolute Gasteiger partial charge is 0.320 e. The molecular formula is C12H21NO2. The van der Waals surface area contributed by atoms with Crippen molar-refractivity contribution in [3.05, 3.63) is 0 Å². The fourth-order valence-corrected chi connectivity index (χ4v) is 2.53. The Kier molecular flexibility index (Phi) is 4.01. The van der Waals surface area contributed by atoms with Crippen LogP contribution < -0.4 is 0 Å². The Balaban J connectivity index is 1.66. The van der Waals surface area contributed by atoms with Gasteiger partial charge in [-0.15, -0.1) is 0 Å². The lowest BCUT2D eigenvalue weighted by molar-refractivity contribution is -0.150. The standard InChI is InChI=1S/C12H21NO2/c14-12(15-11-6-2-3-7-11)10-13-8-4-1-5-9-13/h11H,1-10H2. The van der Waals surface area contributed by atoms with Gasteiger partial charge in [-0.3, -0.25) is 9.69 Å². The summed E-state index contributed by atoms with van der Waals surface area (Å²) in [6.07, 6.45) is 8.60. The molecule has 0 bridgehead atoms. The molecule has 0 N–H and O–H groups in total. The van der Waals surface area contributed by atoms with Gasteiger partial charge in [-0.25, -0.2) is 0 Å². The molecule has 0 unspecified atom stereocenters. The van der Waals surface area contributed by atoms with E-state index in [0.717, 1.165) is 25.9 Å². The fourth-order valence-electron chi connectivity index (χ4n) is 2.53. The Hall–Kier alpha value is -0.570. The highest BCUT2D eigenvalue weighted by atomic mass is 16.5. The average Bonchev–Trinajstić information content (AvgIpc) is 2.71. The van der Waals surface area contributed by atoms with Crippen LogP contribution in [-0.2, 0) is 9.53 Å². The van der Waals surface area contributed by atoms with Crippen LogP contribution in [0.15, 0.2) is 0 Å². The quantitative estimate of drug-likeness (QED) is 0.668. The SMILES string of the molecule is O=C(CN1CCCCC1)OC1CCCC1. The number of carbonyl (C=O) groups is 1. The number of piperidine rings is 1. The van der Waals surface area contributed by atoms with Crippen LogP contribution in [0.25, 0.3) is 0 Å². The molecule has 3 nitrogen and oxygen atoms in total. The maximum absolute atomic E-state index is 11.6. The van der Waals surface area contributed by atoms with Crippen LogP contribution >= 0.6 is 0 Å². The lowest BCUT2D eigenvalue weighted by atomic mass is 10.1. The highest BCUT2D eigenvalue weighted by Gasteiger charge is 2.21. The van der Waals surface area contributed by atoms with Crippen LogP contribution in [0.5, 0.6) is 0 Å². The Labute approximate surface area is 91.8 Å². The van der Waals surface area contributed by atoms with Crippen molar-refractivity contribution in [1.29, 1.82) is 0 Å². The van der Waals surface area contributed by atoms with Crippen LogP contribution in [0.4, 0.5) is 0 Å². The molecule has 0 aromatic heterocycles. The molecular weight excluding hydrogens is 190 g/mol. The van der Waals surface area contributed by atoms with Crippen LogP contribution in [0.2, 0.25) is 0 Å². The number of rotatable bonds is 3. The molecule has 2 rings (SSSR count). The van der Waals surface area contributed by atoms with Crippen molar-refractivity contribution in [2.24, 2.45) is 0 Å². The second-order valence-corrected chi connectivity index (χ2v) is 4.73. The fraction of sp³-hybridized carbons (Fsp3) is 0.917. The maximum Gasteiger partial charge on any atom is 0.320 e. The van der Waals surface area contributed by atoms with E-state index in [1.165, 1.54) is 32.1 Å². The minimum atomic E-state index is -0.0104. The van der Waals surface area contributed by atoms with Gasteiger partial charge in [0.25, 0.3) is 0 Å². The molecule has 0 radical (unpaired) electrons. The lowest BCUT2D eigenvalue weighted by Gasteiger charge is -2.25. The van der Waals surface area contributed by atoms with Crippen molar-refractivity contribution in [3.63, 3.8) is 0 Å². The van der Waals surface area contributed by atoms with Gasteiger partial charge in [0.2, 0.25) is 0 Å². The van der Waals surface area contributed by atoms with Crippen molar-refractivity contribution in [2.45, 2.75) is 51.0 Å². The van der Waals surface area contributed by atoms with Crippen LogP contribution in [0.1, 0.15) is 44.9 Å². The summed E-state index contributed by atoms with van der Waals surface area (Å²) in [4.78, 5) is 13.8. The molecule has 1 aliphatic carbocycles. The number of hydrogen-bond donors (Lipinski definition) is 0. The molecule has 3 heteroatoms. The number of nitrogens with zero attached hydrogens (tertiary/aromatic N) is 1. The second-order valence-electron chi connectivity index (χ2n) is 4.73. The van der Waals surface area contributed by atoms with Gasteiger partial charge in [-0.05, 0) is 51.6 Å². The highest BCUT2D eigenvalue weighted by molar-refractivity contribution is 5.71. The number of carbonyl (C=O) groups excluding carboxylic acids is 1. The summed E-state index contributed by atoms with van der Waals surface area (Å²) in [7, 11) is 0. The monoisotopic (exact) mass is 211 g/mol. The van der Waals surface area contributed by atoms with Crippen LogP contribution in [0, 0.1) is 0 Å². The third-order valence-corrected chi connectivity index (χ3v) is 3.40. The summed E-state index contributed by atoms with van der Waals surface area (Å²) in [6, 6.07) is 0. The van der Waals surface area contributed by atoms with Gasteiger partial charge in [-0.2, -0.15) is 0 Å². The van der Waals surface area contributed by atoms with Crippen molar-refractivity contribution >= 4 is 5.97 Å². The highest BCUT2D eigenvalue weighted by Crippen LogP contribution is 2.21. The molecule has 0 aromatic carbocycles. The van der Waals surface area contributed by atoms with Gasteiger partial charge in [0, 0.05) is 0 Å². The predicted molar refractivity (Wildman–Crippen MR) is 58.6 cm³/mol. The minimum absolute atomic E-state index is 0.0104. The molecule has 2 aliphatic rings. The zero-order valence-electron chi connectivity index (χ0n) is 9.41. The Morgan fingerprint density at radius 1 is 1.07 bits per heavy atom. The average molecular weight is 211 g/mol. The predicted octanol–water partition coefficient (Wildman–Crippen LogP) is 1.96. The van der Waals surface area contributed by atoms with E-state index in [1.54, 1.807) is 0 Å². The van der Waals surface area contributed by atoms with E-state index in [0.29, 0.717) is 6.54 Å². The molecule has 0 amide bonds. The molecule has 0 atom stereocenters. The summed E-state index contributed by atoms with van der Waals surface area (Å²) >= 11 is 0. The third kappa shape index (κ3) is 3.49. The van der Waals surface area contributed by atoms with Crippen LogP contribution in [-0.4, -0.2) is 36.6 Å². The zero-order chi connectivity index (χ0) is 10.5. The number of ether oxygens (including phenoxy) is 1. The van der Waals surface area contributed by atoms with E-state index in [4.69, 9.17) is 4.74 Å². The summed E-state index contributed by atoms with van der Waals surface area (Å²) in [5, 5.41) is 0. The molecule has 2 fully saturated rings. The van der Waals surface area contributed by atoms with Crippen molar-refractivity contribution in [1.82, 2.24) is 4.90 Å². The first-order chi connectivity index (χ1) is 7.34. The largest absolute Gasteiger partial charge is 0.461 e. The van der Waals surface area contributed by atoms with Gasteiger partial charge >= 0.3 is 5.97 Å². The van der Waals surface area contributed by atoms with Crippen molar-refractivity contribution in [3.8, 4) is 0 Å². The van der Waals surface area contributed by atoms with E-state index in [9.17, 15) is 4.79 Å². The van der Waals surface area contributed by atoms with Gasteiger partial charge in [0.05, 0.1) is 6.54 Å². The molecule has 86 valence electrons. The van der Waals surface area contributed by atoms with Gasteiger partial charge < -0.3 is 4.74 Å². The first-order valence-electron chi connectivity index (χ1n) is 6.26. The Morgan fingerprint density at radius 2 is 1.73 bits per heavy atom. The minimum Gasteiger partial charge on any atom is -0.461 e. The number of esters is 1. The Morgan fingerprint density at radius 3 is 2.40 bits per heavy atom. The molecule has 1 aliphatic heterocycles. The summed E-state index contributed by atoms with van der Waals surface area (Å²) in [5.41, 5.74) is 0. The third-order valence-electron chi connectivity index (χ3n) is 3.40. The number of likely N-dealkylation sites (tertiary alicyclic amines) is 1. The second kappa shape index (κ2) is 5.50. The van der Waals surface area contributed by atoms with E-state index in [2.05, 4.69) is 4.90 Å². The summed E-state index contributed by atoms with van der Waals surface area (Å²) < 4.78 is 5.43. The van der Waals surface area contributed by atoms with E-state index >= 15 is 0 Å². The van der Waals surface area contributed by atoms with E-state index in [1.807, 2.05) is 0 Å². The molecule has 0 aromatic rings. The molecule has 1 heterocycles. The molecule has 15 heavy (non-hydrogen) atoms. The first kappa shape index (κ1) is 10.9. The summed E-state index contributed by atoms with van der Waals surface area (Å²) in [5.74, 6) is -0.0104. The molecule has 1 saturated heterocycles. The Bertz CT molecular complexity index is 206. The zero-order valence-corrected chi connectivity index (χ0v) is 9.41. The van der Waals surface area contributed by atoms with Gasteiger partial charge in [-0.1, -0.05) is 6.42 Å². The van der Waals surface area contributed by atoms with Crippen molar-refractivity contribution < 1.29 is 9.53 Å². The lowest BCUT2D eigenvalue weighted by Crippen LogP contribution is -2.36. The number of hydrogen-bond acceptors (Lipinski definition) is 3. The van der Waals surface area contributed by atoms with E-state index in [-0.39, 0.29) is 12.1 Å². The topological polar surface area (TPSA) is 29.5 Å². The van der Waals surface area contributed by atoms with Gasteiger partial charge in [0.1, 0.15) is 6.10 Å². The summed E-state index contributed by atoms with van der Waals surface area (Å²) in [6.45, 7) is 2.65. The first-order valence-corrected chi connectivity index (χ1v) is 6.26.